The molecule has 0 aromatic carbocycles. The molecule has 1 saturated heterocycles. The molecule has 0 amide bonds. The average Bonchev–Trinajstić information content (AvgIpc) is 2.36. The van der Waals surface area contributed by atoms with E-state index < -0.39 is 0 Å². The van der Waals surface area contributed by atoms with Gasteiger partial charge in [-0.2, -0.15) is 0 Å². The minimum Gasteiger partial charge on any atom is -0.378 e. The Morgan fingerprint density at radius 2 is 2.50 bits per heavy atom. The molecule has 1 aliphatic rings. The standard InChI is InChI=1S/C9H16ClNO/c1-7(10)5-11-6-9-3-4-12-8(9)2/h8-9,11H,1,3-6H2,2H3. The second kappa shape index (κ2) is 4.85. The first-order valence-electron chi connectivity index (χ1n) is 4.35. The topological polar surface area (TPSA) is 21.3 Å². The van der Waals surface area contributed by atoms with Crippen molar-refractivity contribution < 1.29 is 4.74 Å². The van der Waals surface area contributed by atoms with Crippen LogP contribution in [0, 0.1) is 5.92 Å². The van der Waals surface area contributed by atoms with Gasteiger partial charge in [-0.3, -0.25) is 0 Å². The molecule has 0 aromatic heterocycles. The van der Waals surface area contributed by atoms with E-state index in [-0.39, 0.29) is 0 Å². The van der Waals surface area contributed by atoms with Crippen LogP contribution in [0.1, 0.15) is 13.3 Å². The van der Waals surface area contributed by atoms with Crippen LogP contribution in [0.15, 0.2) is 11.6 Å². The second-order valence-corrected chi connectivity index (χ2v) is 3.81. The third-order valence-corrected chi connectivity index (χ3v) is 2.39. The predicted molar refractivity (Wildman–Crippen MR) is 51.4 cm³/mol. The fourth-order valence-corrected chi connectivity index (χ4v) is 1.53. The van der Waals surface area contributed by atoms with Crippen LogP contribution in [-0.2, 0) is 4.74 Å². The first kappa shape index (κ1) is 10.0. The molecule has 2 nitrogen and oxygen atoms in total. The van der Waals surface area contributed by atoms with Gasteiger partial charge in [0, 0.05) is 24.7 Å². The van der Waals surface area contributed by atoms with E-state index >= 15 is 0 Å². The highest BCUT2D eigenvalue weighted by atomic mass is 35.5. The van der Waals surface area contributed by atoms with E-state index in [1.807, 2.05) is 0 Å². The smallest absolute Gasteiger partial charge is 0.0588 e. The summed E-state index contributed by atoms with van der Waals surface area (Å²) in [5.41, 5.74) is 0. The van der Waals surface area contributed by atoms with E-state index in [1.165, 1.54) is 0 Å². The Kier molecular flexibility index (Phi) is 4.06. The maximum Gasteiger partial charge on any atom is 0.0588 e. The van der Waals surface area contributed by atoms with Crippen molar-refractivity contribution in [2.45, 2.75) is 19.4 Å². The SMILES string of the molecule is C=C(Cl)CNCC1CCOC1C. The molecular weight excluding hydrogens is 174 g/mol. The molecule has 1 rings (SSSR count). The molecule has 1 aliphatic heterocycles. The minimum absolute atomic E-state index is 0.390. The number of ether oxygens (including phenoxy) is 1. The summed E-state index contributed by atoms with van der Waals surface area (Å²) in [5, 5.41) is 3.91. The Bertz CT molecular complexity index is 161. The Hall–Kier alpha value is -0.0500. The summed E-state index contributed by atoms with van der Waals surface area (Å²) >= 11 is 5.61. The highest BCUT2D eigenvalue weighted by molar-refractivity contribution is 6.29. The van der Waals surface area contributed by atoms with Crippen LogP contribution in [0.2, 0.25) is 0 Å². The maximum atomic E-state index is 5.61. The van der Waals surface area contributed by atoms with Crippen molar-refractivity contribution in [2.24, 2.45) is 5.92 Å². The fourth-order valence-electron chi connectivity index (χ4n) is 1.44. The van der Waals surface area contributed by atoms with Gasteiger partial charge < -0.3 is 10.1 Å². The van der Waals surface area contributed by atoms with Crippen molar-refractivity contribution in [3.63, 3.8) is 0 Å². The van der Waals surface area contributed by atoms with Gasteiger partial charge in [0.2, 0.25) is 0 Å². The van der Waals surface area contributed by atoms with Gasteiger partial charge in [-0.25, -0.2) is 0 Å². The van der Waals surface area contributed by atoms with Crippen molar-refractivity contribution in [3.05, 3.63) is 11.6 Å². The molecule has 2 atom stereocenters. The van der Waals surface area contributed by atoms with Gasteiger partial charge in [0.1, 0.15) is 0 Å². The Morgan fingerprint density at radius 3 is 3.00 bits per heavy atom. The van der Waals surface area contributed by atoms with Gasteiger partial charge in [-0.1, -0.05) is 18.2 Å². The van der Waals surface area contributed by atoms with Crippen LogP contribution >= 0.6 is 11.6 Å². The quantitative estimate of drug-likeness (QED) is 0.728. The molecule has 0 aromatic rings. The zero-order valence-corrected chi connectivity index (χ0v) is 8.23. The summed E-state index contributed by atoms with van der Waals surface area (Å²) in [6, 6.07) is 0. The molecule has 0 saturated carbocycles. The van der Waals surface area contributed by atoms with Gasteiger partial charge in [0.05, 0.1) is 6.10 Å². The van der Waals surface area contributed by atoms with Crippen LogP contribution in [0.25, 0.3) is 0 Å². The summed E-state index contributed by atoms with van der Waals surface area (Å²) in [6.07, 6.45) is 1.55. The van der Waals surface area contributed by atoms with Gasteiger partial charge in [-0.15, -0.1) is 0 Å². The van der Waals surface area contributed by atoms with Crippen LogP contribution in [-0.4, -0.2) is 25.8 Å². The van der Waals surface area contributed by atoms with Crippen LogP contribution in [0.3, 0.4) is 0 Å². The molecule has 12 heavy (non-hydrogen) atoms. The van der Waals surface area contributed by atoms with E-state index in [4.69, 9.17) is 16.3 Å². The van der Waals surface area contributed by atoms with E-state index in [1.54, 1.807) is 0 Å². The highest BCUT2D eigenvalue weighted by Crippen LogP contribution is 2.19. The lowest BCUT2D eigenvalue weighted by molar-refractivity contribution is 0.106. The summed E-state index contributed by atoms with van der Waals surface area (Å²) < 4.78 is 5.43. The summed E-state index contributed by atoms with van der Waals surface area (Å²) in [5.74, 6) is 0.640. The molecule has 0 spiro atoms. The van der Waals surface area contributed by atoms with Crippen LogP contribution in [0.5, 0.6) is 0 Å². The van der Waals surface area contributed by atoms with Gasteiger partial charge >= 0.3 is 0 Å². The van der Waals surface area contributed by atoms with E-state index in [2.05, 4.69) is 18.8 Å². The Morgan fingerprint density at radius 1 is 1.75 bits per heavy atom. The van der Waals surface area contributed by atoms with Gasteiger partial charge in [0.15, 0.2) is 0 Å². The maximum absolute atomic E-state index is 5.61. The van der Waals surface area contributed by atoms with Crippen molar-refractivity contribution >= 4 is 11.6 Å². The molecular formula is C9H16ClNO. The van der Waals surface area contributed by atoms with Crippen molar-refractivity contribution in [1.29, 1.82) is 0 Å². The Labute approximate surface area is 78.9 Å². The molecule has 0 radical (unpaired) electrons. The zero-order chi connectivity index (χ0) is 8.97. The molecule has 3 heteroatoms. The lowest BCUT2D eigenvalue weighted by Gasteiger charge is -2.14. The van der Waals surface area contributed by atoms with E-state index in [9.17, 15) is 0 Å². The molecule has 2 unspecified atom stereocenters. The normalized spacial score (nSPS) is 29.2. The molecule has 0 aliphatic carbocycles. The average molecular weight is 190 g/mol. The minimum atomic E-state index is 0.390. The van der Waals surface area contributed by atoms with Crippen molar-refractivity contribution in [2.75, 3.05) is 19.7 Å². The lowest BCUT2D eigenvalue weighted by Crippen LogP contribution is -2.27. The number of hydrogen-bond acceptors (Lipinski definition) is 2. The predicted octanol–water partition coefficient (Wildman–Crippen LogP) is 1.75. The highest BCUT2D eigenvalue weighted by Gasteiger charge is 2.23. The van der Waals surface area contributed by atoms with Crippen LogP contribution in [0.4, 0.5) is 0 Å². The first-order valence-corrected chi connectivity index (χ1v) is 4.73. The number of halogens is 1. The lowest BCUT2D eigenvalue weighted by atomic mass is 10.0. The van der Waals surface area contributed by atoms with Crippen LogP contribution < -0.4 is 5.32 Å². The largest absolute Gasteiger partial charge is 0.378 e. The first-order chi connectivity index (χ1) is 5.70. The van der Waals surface area contributed by atoms with Gasteiger partial charge in [0.25, 0.3) is 0 Å². The number of nitrogens with one attached hydrogen (secondary N) is 1. The fraction of sp³-hybridized carbons (Fsp3) is 0.778. The van der Waals surface area contributed by atoms with Crippen molar-refractivity contribution in [3.8, 4) is 0 Å². The number of hydrogen-bond donors (Lipinski definition) is 1. The molecule has 1 heterocycles. The van der Waals surface area contributed by atoms with E-state index in [0.717, 1.165) is 19.6 Å². The molecule has 70 valence electrons. The molecule has 1 fully saturated rings. The summed E-state index contributed by atoms with van der Waals surface area (Å²) in [7, 11) is 0. The summed E-state index contributed by atoms with van der Waals surface area (Å²) in [4.78, 5) is 0. The summed E-state index contributed by atoms with van der Waals surface area (Å²) in [6.45, 7) is 8.31. The number of rotatable bonds is 4. The Balaban J connectivity index is 2.10. The second-order valence-electron chi connectivity index (χ2n) is 3.27. The van der Waals surface area contributed by atoms with Gasteiger partial charge in [-0.05, 0) is 19.3 Å². The van der Waals surface area contributed by atoms with E-state index in [0.29, 0.717) is 23.6 Å². The third-order valence-electron chi connectivity index (χ3n) is 2.26. The van der Waals surface area contributed by atoms with Crippen molar-refractivity contribution in [1.82, 2.24) is 5.32 Å². The molecule has 0 bridgehead atoms. The molecule has 1 N–H and O–H groups in total. The monoisotopic (exact) mass is 189 g/mol. The third kappa shape index (κ3) is 3.13. The zero-order valence-electron chi connectivity index (χ0n) is 7.48.